The van der Waals surface area contributed by atoms with Gasteiger partial charge in [0.15, 0.2) is 0 Å². The highest BCUT2D eigenvalue weighted by Gasteiger charge is 2.14. The molecule has 0 aliphatic carbocycles. The summed E-state index contributed by atoms with van der Waals surface area (Å²) in [5.41, 5.74) is 3.52. The van der Waals surface area contributed by atoms with Crippen molar-refractivity contribution in [2.75, 3.05) is 25.0 Å². The standard InChI is InChI=1S/C17H26N2O/c1-3-14-8-7-9-15(4-2)17(14)18-16(20)10-13-19-11-5-6-12-19/h7-9H,3-6,10-13H2,1-2H3,(H,18,20). The number of hydrogen-bond acceptors (Lipinski definition) is 2. The summed E-state index contributed by atoms with van der Waals surface area (Å²) in [6.45, 7) is 7.46. The molecule has 0 unspecified atom stereocenters. The van der Waals surface area contributed by atoms with Crippen molar-refractivity contribution in [3.05, 3.63) is 29.3 Å². The number of aryl methyl sites for hydroxylation is 2. The van der Waals surface area contributed by atoms with Crippen LogP contribution in [0.25, 0.3) is 0 Å². The Morgan fingerprint density at radius 1 is 1.15 bits per heavy atom. The Labute approximate surface area is 122 Å². The molecule has 0 spiro atoms. The second-order valence-electron chi connectivity index (χ2n) is 5.51. The van der Waals surface area contributed by atoms with E-state index in [0.29, 0.717) is 6.42 Å². The third kappa shape index (κ3) is 3.83. The maximum atomic E-state index is 12.2. The third-order valence-corrected chi connectivity index (χ3v) is 4.12. The highest BCUT2D eigenvalue weighted by atomic mass is 16.1. The van der Waals surface area contributed by atoms with E-state index in [0.717, 1.165) is 38.2 Å². The van der Waals surface area contributed by atoms with Gasteiger partial charge in [0, 0.05) is 18.7 Å². The fourth-order valence-corrected chi connectivity index (χ4v) is 2.87. The van der Waals surface area contributed by atoms with Crippen molar-refractivity contribution in [3.63, 3.8) is 0 Å². The molecule has 1 aliphatic heterocycles. The molecule has 1 aromatic rings. The second kappa shape index (κ2) is 7.44. The van der Waals surface area contributed by atoms with Crippen LogP contribution in [0.4, 0.5) is 5.69 Å². The molecule has 1 aromatic carbocycles. The van der Waals surface area contributed by atoms with E-state index in [9.17, 15) is 4.79 Å². The largest absolute Gasteiger partial charge is 0.326 e. The molecule has 0 radical (unpaired) electrons. The van der Waals surface area contributed by atoms with Gasteiger partial charge in [0.1, 0.15) is 0 Å². The summed E-state index contributed by atoms with van der Waals surface area (Å²) in [6.07, 6.45) is 5.06. The first kappa shape index (κ1) is 15.0. The number of anilines is 1. The molecular formula is C17H26N2O. The minimum atomic E-state index is 0.146. The number of para-hydroxylation sites is 1. The molecule has 1 aliphatic rings. The maximum absolute atomic E-state index is 12.2. The molecule has 0 atom stereocenters. The van der Waals surface area contributed by atoms with Crippen LogP contribution in [0.15, 0.2) is 18.2 Å². The first-order valence-corrected chi connectivity index (χ1v) is 7.87. The van der Waals surface area contributed by atoms with E-state index < -0.39 is 0 Å². The predicted octanol–water partition coefficient (Wildman–Crippen LogP) is 3.24. The van der Waals surface area contributed by atoms with Gasteiger partial charge in [-0.05, 0) is 49.9 Å². The fourth-order valence-electron chi connectivity index (χ4n) is 2.87. The van der Waals surface area contributed by atoms with Crippen molar-refractivity contribution < 1.29 is 4.79 Å². The highest BCUT2D eigenvalue weighted by Crippen LogP contribution is 2.22. The Balaban J connectivity index is 1.95. The van der Waals surface area contributed by atoms with Crippen molar-refractivity contribution in [3.8, 4) is 0 Å². The number of benzene rings is 1. The third-order valence-electron chi connectivity index (χ3n) is 4.12. The number of hydrogen-bond donors (Lipinski definition) is 1. The number of carbonyl (C=O) groups is 1. The molecule has 0 bridgehead atoms. The summed E-state index contributed by atoms with van der Waals surface area (Å²) >= 11 is 0. The molecular weight excluding hydrogens is 248 g/mol. The van der Waals surface area contributed by atoms with Gasteiger partial charge in [0.2, 0.25) is 5.91 Å². The van der Waals surface area contributed by atoms with Crippen molar-refractivity contribution in [2.24, 2.45) is 0 Å². The topological polar surface area (TPSA) is 32.3 Å². The Bertz CT molecular complexity index is 428. The Kier molecular flexibility index (Phi) is 5.60. The second-order valence-corrected chi connectivity index (χ2v) is 5.51. The van der Waals surface area contributed by atoms with Gasteiger partial charge in [-0.1, -0.05) is 32.0 Å². The SMILES string of the molecule is CCc1cccc(CC)c1NC(=O)CCN1CCCC1. The van der Waals surface area contributed by atoms with Crippen LogP contribution in [0.2, 0.25) is 0 Å². The van der Waals surface area contributed by atoms with Gasteiger partial charge in [-0.25, -0.2) is 0 Å². The summed E-state index contributed by atoms with van der Waals surface area (Å²) in [6, 6.07) is 6.29. The highest BCUT2D eigenvalue weighted by molar-refractivity contribution is 5.92. The van der Waals surface area contributed by atoms with Gasteiger partial charge in [-0.2, -0.15) is 0 Å². The lowest BCUT2D eigenvalue weighted by molar-refractivity contribution is -0.116. The molecule has 2 rings (SSSR count). The Hall–Kier alpha value is -1.35. The zero-order valence-corrected chi connectivity index (χ0v) is 12.7. The van der Waals surface area contributed by atoms with E-state index in [4.69, 9.17) is 0 Å². The lowest BCUT2D eigenvalue weighted by Crippen LogP contribution is -2.25. The van der Waals surface area contributed by atoms with Gasteiger partial charge in [-0.3, -0.25) is 4.79 Å². The van der Waals surface area contributed by atoms with Gasteiger partial charge >= 0.3 is 0 Å². The summed E-state index contributed by atoms with van der Waals surface area (Å²) in [5.74, 6) is 0.146. The molecule has 3 heteroatoms. The number of rotatable bonds is 6. The van der Waals surface area contributed by atoms with Crippen molar-refractivity contribution in [2.45, 2.75) is 46.0 Å². The molecule has 1 heterocycles. The number of nitrogens with zero attached hydrogens (tertiary/aromatic N) is 1. The van der Waals surface area contributed by atoms with Gasteiger partial charge in [0.05, 0.1) is 0 Å². The van der Waals surface area contributed by atoms with E-state index in [1.54, 1.807) is 0 Å². The minimum Gasteiger partial charge on any atom is -0.326 e. The van der Waals surface area contributed by atoms with Gasteiger partial charge < -0.3 is 10.2 Å². The van der Waals surface area contributed by atoms with Crippen LogP contribution in [0.1, 0.15) is 44.2 Å². The maximum Gasteiger partial charge on any atom is 0.225 e. The molecule has 1 fully saturated rings. The smallest absolute Gasteiger partial charge is 0.225 e. The summed E-state index contributed by atoms with van der Waals surface area (Å²) < 4.78 is 0. The molecule has 1 amide bonds. The summed E-state index contributed by atoms with van der Waals surface area (Å²) in [4.78, 5) is 14.5. The molecule has 3 nitrogen and oxygen atoms in total. The van der Waals surface area contributed by atoms with Crippen LogP contribution in [-0.2, 0) is 17.6 Å². The van der Waals surface area contributed by atoms with E-state index in [-0.39, 0.29) is 5.91 Å². The lowest BCUT2D eigenvalue weighted by Gasteiger charge is -2.17. The molecule has 0 saturated carbocycles. The fraction of sp³-hybridized carbons (Fsp3) is 0.588. The van der Waals surface area contributed by atoms with Crippen molar-refractivity contribution in [1.82, 2.24) is 4.90 Å². The summed E-state index contributed by atoms with van der Waals surface area (Å²) in [5, 5.41) is 3.14. The van der Waals surface area contributed by atoms with E-state index in [1.165, 1.54) is 24.0 Å². The average molecular weight is 274 g/mol. The number of likely N-dealkylation sites (tertiary alicyclic amines) is 1. The normalized spacial score (nSPS) is 15.5. The van der Waals surface area contributed by atoms with Crippen LogP contribution >= 0.6 is 0 Å². The molecule has 110 valence electrons. The average Bonchev–Trinajstić information content (AvgIpc) is 2.98. The molecule has 20 heavy (non-hydrogen) atoms. The van der Waals surface area contributed by atoms with Crippen LogP contribution < -0.4 is 5.32 Å². The van der Waals surface area contributed by atoms with E-state index >= 15 is 0 Å². The molecule has 1 N–H and O–H groups in total. The number of amides is 1. The van der Waals surface area contributed by atoms with Crippen LogP contribution in [0, 0.1) is 0 Å². The number of carbonyl (C=O) groups excluding carboxylic acids is 1. The lowest BCUT2D eigenvalue weighted by atomic mass is 10.0. The van der Waals surface area contributed by atoms with E-state index in [2.05, 4.69) is 42.3 Å². The van der Waals surface area contributed by atoms with Crippen LogP contribution in [-0.4, -0.2) is 30.4 Å². The van der Waals surface area contributed by atoms with E-state index in [1.807, 2.05) is 0 Å². The Morgan fingerprint density at radius 2 is 1.75 bits per heavy atom. The van der Waals surface area contributed by atoms with Gasteiger partial charge in [-0.15, -0.1) is 0 Å². The van der Waals surface area contributed by atoms with Gasteiger partial charge in [0.25, 0.3) is 0 Å². The van der Waals surface area contributed by atoms with Crippen molar-refractivity contribution >= 4 is 11.6 Å². The summed E-state index contributed by atoms with van der Waals surface area (Å²) in [7, 11) is 0. The zero-order valence-electron chi connectivity index (χ0n) is 12.7. The molecule has 0 aromatic heterocycles. The predicted molar refractivity (Wildman–Crippen MR) is 84.1 cm³/mol. The van der Waals surface area contributed by atoms with Crippen molar-refractivity contribution in [1.29, 1.82) is 0 Å². The Morgan fingerprint density at radius 3 is 2.30 bits per heavy atom. The number of nitrogens with one attached hydrogen (secondary N) is 1. The first-order chi connectivity index (χ1) is 9.74. The quantitative estimate of drug-likeness (QED) is 0.863. The monoisotopic (exact) mass is 274 g/mol. The van der Waals surface area contributed by atoms with Crippen LogP contribution in [0.3, 0.4) is 0 Å². The van der Waals surface area contributed by atoms with Crippen LogP contribution in [0.5, 0.6) is 0 Å². The molecule has 1 saturated heterocycles. The zero-order chi connectivity index (χ0) is 14.4. The minimum absolute atomic E-state index is 0.146. The first-order valence-electron chi connectivity index (χ1n) is 7.87.